The quantitative estimate of drug-likeness (QED) is 0.861. The Labute approximate surface area is 155 Å². The fraction of sp³-hybridized carbons (Fsp3) is 0.550. The van der Waals surface area contributed by atoms with Gasteiger partial charge < -0.3 is 9.73 Å². The van der Waals surface area contributed by atoms with E-state index in [9.17, 15) is 4.79 Å². The van der Waals surface area contributed by atoms with E-state index < -0.39 is 0 Å². The summed E-state index contributed by atoms with van der Waals surface area (Å²) in [6, 6.07) is 8.09. The van der Waals surface area contributed by atoms with Crippen molar-refractivity contribution in [2.24, 2.45) is 11.8 Å². The Morgan fingerprint density at radius 1 is 1.31 bits per heavy atom. The predicted molar refractivity (Wildman–Crippen MR) is 100 cm³/mol. The van der Waals surface area contributed by atoms with E-state index in [0.29, 0.717) is 24.2 Å². The molecule has 0 spiro atoms. The normalized spacial score (nSPS) is 18.2. The number of carbonyl (C=O) groups is 1. The molecule has 1 aliphatic heterocycles. The highest BCUT2D eigenvalue weighted by molar-refractivity contribution is 5.77. The van der Waals surface area contributed by atoms with Crippen molar-refractivity contribution in [3.05, 3.63) is 35.7 Å². The van der Waals surface area contributed by atoms with Crippen LogP contribution in [0.4, 0.5) is 0 Å². The molecule has 6 heteroatoms. The number of likely N-dealkylation sites (tertiary alicyclic amines) is 1. The Bertz CT molecular complexity index is 724. The lowest BCUT2D eigenvalue weighted by atomic mass is 9.98. The van der Waals surface area contributed by atoms with Gasteiger partial charge in [0.05, 0.1) is 6.54 Å². The van der Waals surface area contributed by atoms with E-state index in [4.69, 9.17) is 4.42 Å². The van der Waals surface area contributed by atoms with Crippen LogP contribution in [0.25, 0.3) is 11.5 Å². The van der Waals surface area contributed by atoms with Gasteiger partial charge in [0, 0.05) is 24.6 Å². The van der Waals surface area contributed by atoms with Gasteiger partial charge in [-0.2, -0.15) is 0 Å². The van der Waals surface area contributed by atoms with Crippen molar-refractivity contribution < 1.29 is 9.21 Å². The second kappa shape index (κ2) is 8.45. The number of carbonyl (C=O) groups excluding carboxylic acids is 1. The first-order valence-corrected chi connectivity index (χ1v) is 9.40. The number of piperidine rings is 1. The number of nitrogens with one attached hydrogen (secondary N) is 1. The van der Waals surface area contributed by atoms with Crippen LogP contribution in [0.1, 0.15) is 38.1 Å². The van der Waals surface area contributed by atoms with Crippen LogP contribution < -0.4 is 5.32 Å². The number of hydrogen-bond acceptors (Lipinski definition) is 5. The van der Waals surface area contributed by atoms with E-state index in [1.807, 2.05) is 38.1 Å². The standard InChI is InChI=1S/C20H28N4O2/c1-14(2)19(25)21-11-16-5-4-10-24(12-16)13-18-22-23-20(26-18)17-8-6-15(3)7-9-17/h6-9,14,16H,4-5,10-13H2,1-3H3,(H,21,25). The Hall–Kier alpha value is -2.21. The van der Waals surface area contributed by atoms with Crippen molar-refractivity contribution in [1.82, 2.24) is 20.4 Å². The lowest BCUT2D eigenvalue weighted by Crippen LogP contribution is -2.41. The minimum atomic E-state index is 0.0354. The van der Waals surface area contributed by atoms with Gasteiger partial charge in [-0.15, -0.1) is 10.2 Å². The van der Waals surface area contributed by atoms with Gasteiger partial charge in [-0.1, -0.05) is 31.5 Å². The zero-order valence-electron chi connectivity index (χ0n) is 15.9. The van der Waals surface area contributed by atoms with Gasteiger partial charge in [0.25, 0.3) is 0 Å². The highest BCUT2D eigenvalue weighted by Gasteiger charge is 2.22. The number of aromatic nitrogens is 2. The summed E-state index contributed by atoms with van der Waals surface area (Å²) in [5, 5.41) is 11.4. The lowest BCUT2D eigenvalue weighted by Gasteiger charge is -2.31. The summed E-state index contributed by atoms with van der Waals surface area (Å²) in [6.07, 6.45) is 2.27. The molecule has 1 fully saturated rings. The summed E-state index contributed by atoms with van der Waals surface area (Å²) < 4.78 is 5.84. The van der Waals surface area contributed by atoms with Crippen molar-refractivity contribution in [3.63, 3.8) is 0 Å². The smallest absolute Gasteiger partial charge is 0.247 e. The average molecular weight is 356 g/mol. The number of benzene rings is 1. The van der Waals surface area contributed by atoms with Crippen LogP contribution in [0, 0.1) is 18.8 Å². The summed E-state index contributed by atoms with van der Waals surface area (Å²) in [6.45, 7) is 9.27. The van der Waals surface area contributed by atoms with Gasteiger partial charge in [-0.3, -0.25) is 9.69 Å². The summed E-state index contributed by atoms with van der Waals surface area (Å²) in [5.41, 5.74) is 2.15. The van der Waals surface area contributed by atoms with Crippen molar-refractivity contribution in [2.45, 2.75) is 40.2 Å². The first-order valence-electron chi connectivity index (χ1n) is 9.40. The van der Waals surface area contributed by atoms with Crippen LogP contribution in [0.5, 0.6) is 0 Å². The van der Waals surface area contributed by atoms with Gasteiger partial charge in [-0.25, -0.2) is 0 Å². The molecule has 1 saturated heterocycles. The molecule has 2 aromatic rings. The molecule has 3 rings (SSSR count). The molecule has 26 heavy (non-hydrogen) atoms. The molecule has 1 aromatic carbocycles. The molecule has 1 N–H and O–H groups in total. The van der Waals surface area contributed by atoms with Crippen LogP contribution in [-0.4, -0.2) is 40.6 Å². The molecule has 1 atom stereocenters. The number of nitrogens with zero attached hydrogens (tertiary/aromatic N) is 3. The van der Waals surface area contributed by atoms with Crippen molar-refractivity contribution in [2.75, 3.05) is 19.6 Å². The molecule has 2 heterocycles. The van der Waals surface area contributed by atoms with Gasteiger partial charge in [0.2, 0.25) is 17.7 Å². The summed E-state index contributed by atoms with van der Waals surface area (Å²) in [5.74, 6) is 1.85. The zero-order valence-corrected chi connectivity index (χ0v) is 15.9. The predicted octanol–water partition coefficient (Wildman–Crippen LogP) is 3.03. The number of aryl methyl sites for hydroxylation is 1. The van der Waals surface area contributed by atoms with E-state index in [2.05, 4.69) is 27.3 Å². The Balaban J connectivity index is 1.54. The van der Waals surface area contributed by atoms with Crippen LogP contribution in [-0.2, 0) is 11.3 Å². The zero-order chi connectivity index (χ0) is 18.5. The molecule has 0 aliphatic carbocycles. The van der Waals surface area contributed by atoms with Crippen molar-refractivity contribution in [3.8, 4) is 11.5 Å². The first kappa shape index (κ1) is 18.6. The van der Waals surface area contributed by atoms with Gasteiger partial charge in [-0.05, 0) is 44.4 Å². The van der Waals surface area contributed by atoms with Crippen LogP contribution in [0.3, 0.4) is 0 Å². The summed E-state index contributed by atoms with van der Waals surface area (Å²) >= 11 is 0. The van der Waals surface area contributed by atoms with Gasteiger partial charge in [0.1, 0.15) is 0 Å². The second-order valence-electron chi connectivity index (χ2n) is 7.51. The van der Waals surface area contributed by atoms with Gasteiger partial charge >= 0.3 is 0 Å². The molecular weight excluding hydrogens is 328 g/mol. The Morgan fingerprint density at radius 2 is 2.08 bits per heavy atom. The topological polar surface area (TPSA) is 71.3 Å². The minimum Gasteiger partial charge on any atom is -0.419 e. The monoisotopic (exact) mass is 356 g/mol. The highest BCUT2D eigenvalue weighted by Crippen LogP contribution is 2.21. The SMILES string of the molecule is Cc1ccc(-c2nnc(CN3CCCC(CNC(=O)C(C)C)C3)o2)cc1. The number of hydrogen-bond donors (Lipinski definition) is 1. The molecule has 1 aromatic heterocycles. The molecule has 1 unspecified atom stereocenters. The van der Waals surface area contributed by atoms with Crippen molar-refractivity contribution >= 4 is 5.91 Å². The van der Waals surface area contributed by atoms with Crippen LogP contribution in [0.2, 0.25) is 0 Å². The summed E-state index contributed by atoms with van der Waals surface area (Å²) in [4.78, 5) is 14.1. The largest absolute Gasteiger partial charge is 0.419 e. The van der Waals surface area contributed by atoms with E-state index in [0.717, 1.165) is 38.0 Å². The van der Waals surface area contributed by atoms with E-state index >= 15 is 0 Å². The molecule has 140 valence electrons. The lowest BCUT2D eigenvalue weighted by molar-refractivity contribution is -0.124. The van der Waals surface area contributed by atoms with Crippen LogP contribution >= 0.6 is 0 Å². The molecule has 1 amide bonds. The third-order valence-electron chi connectivity index (χ3n) is 4.82. The van der Waals surface area contributed by atoms with E-state index in [1.165, 1.54) is 5.56 Å². The molecule has 0 radical (unpaired) electrons. The molecule has 1 aliphatic rings. The Kier molecular flexibility index (Phi) is 6.04. The van der Waals surface area contributed by atoms with Crippen molar-refractivity contribution in [1.29, 1.82) is 0 Å². The first-order chi connectivity index (χ1) is 12.5. The van der Waals surface area contributed by atoms with Crippen LogP contribution in [0.15, 0.2) is 28.7 Å². The number of amides is 1. The number of rotatable bonds is 6. The second-order valence-corrected chi connectivity index (χ2v) is 7.51. The summed E-state index contributed by atoms with van der Waals surface area (Å²) in [7, 11) is 0. The fourth-order valence-corrected chi connectivity index (χ4v) is 3.23. The Morgan fingerprint density at radius 3 is 2.81 bits per heavy atom. The maximum absolute atomic E-state index is 11.8. The molecule has 6 nitrogen and oxygen atoms in total. The molecule has 0 saturated carbocycles. The van der Waals surface area contributed by atoms with E-state index in [-0.39, 0.29) is 11.8 Å². The van der Waals surface area contributed by atoms with Gasteiger partial charge in [0.15, 0.2) is 0 Å². The molecular formula is C20H28N4O2. The minimum absolute atomic E-state index is 0.0354. The third kappa shape index (κ3) is 4.91. The van der Waals surface area contributed by atoms with E-state index in [1.54, 1.807) is 0 Å². The molecule has 0 bridgehead atoms. The average Bonchev–Trinajstić information content (AvgIpc) is 3.09. The third-order valence-corrected chi connectivity index (χ3v) is 4.82. The fourth-order valence-electron chi connectivity index (χ4n) is 3.23. The maximum atomic E-state index is 11.8. The highest BCUT2D eigenvalue weighted by atomic mass is 16.4. The maximum Gasteiger partial charge on any atom is 0.247 e.